The highest BCUT2D eigenvalue weighted by molar-refractivity contribution is 5.17. The molecular weight excluding hydrogens is 260 g/mol. The highest BCUT2D eigenvalue weighted by atomic mass is 16.3. The fraction of sp³-hybridized carbons (Fsp3) is 0.444. The number of aromatic nitrogens is 1. The van der Waals surface area contributed by atoms with Gasteiger partial charge < -0.3 is 15.0 Å². The Kier molecular flexibility index (Phi) is 6.03. The second-order valence-electron chi connectivity index (χ2n) is 6.09. The normalized spacial score (nSPS) is 12.8. The predicted octanol–water partition coefficient (Wildman–Crippen LogP) is 3.03. The van der Waals surface area contributed by atoms with Crippen LogP contribution < -0.4 is 5.32 Å². The lowest BCUT2D eigenvalue weighted by Crippen LogP contribution is -2.27. The second kappa shape index (κ2) is 8.01. The first-order valence-electron chi connectivity index (χ1n) is 7.71. The molecule has 1 aromatic carbocycles. The van der Waals surface area contributed by atoms with Crippen molar-refractivity contribution in [1.82, 2.24) is 9.88 Å². The number of aliphatic hydroxyl groups excluding tert-OH is 1. The van der Waals surface area contributed by atoms with Crippen LogP contribution in [0.3, 0.4) is 0 Å². The minimum absolute atomic E-state index is 0.253. The Labute approximate surface area is 127 Å². The molecule has 21 heavy (non-hydrogen) atoms. The third-order valence-corrected chi connectivity index (χ3v) is 3.47. The monoisotopic (exact) mass is 286 g/mol. The van der Waals surface area contributed by atoms with E-state index in [0.29, 0.717) is 12.5 Å². The van der Waals surface area contributed by atoms with E-state index in [4.69, 9.17) is 0 Å². The smallest absolute Gasteiger partial charge is 0.0667 e. The molecule has 0 saturated heterocycles. The van der Waals surface area contributed by atoms with E-state index in [1.54, 1.807) is 0 Å². The lowest BCUT2D eigenvalue weighted by atomic mass is 10.1. The number of hydrogen-bond donors (Lipinski definition) is 2. The van der Waals surface area contributed by atoms with E-state index in [9.17, 15) is 5.11 Å². The van der Waals surface area contributed by atoms with Crippen LogP contribution in [0.2, 0.25) is 0 Å². The van der Waals surface area contributed by atoms with Gasteiger partial charge in [0, 0.05) is 32.0 Å². The summed E-state index contributed by atoms with van der Waals surface area (Å²) in [4.78, 5) is 0. The molecular formula is C18H26N2O. The Morgan fingerprint density at radius 1 is 1.10 bits per heavy atom. The first-order chi connectivity index (χ1) is 10.1. The zero-order chi connectivity index (χ0) is 15.1. The molecule has 1 unspecified atom stereocenters. The number of nitrogens with one attached hydrogen (secondary N) is 1. The predicted molar refractivity (Wildman–Crippen MR) is 87.1 cm³/mol. The Hall–Kier alpha value is -1.58. The maximum Gasteiger partial charge on any atom is 0.0667 e. The third-order valence-electron chi connectivity index (χ3n) is 3.47. The van der Waals surface area contributed by atoms with Gasteiger partial charge in [-0.3, -0.25) is 0 Å². The van der Waals surface area contributed by atoms with Crippen LogP contribution in [-0.4, -0.2) is 22.3 Å². The Morgan fingerprint density at radius 2 is 1.86 bits per heavy atom. The van der Waals surface area contributed by atoms with E-state index in [0.717, 1.165) is 19.5 Å². The van der Waals surface area contributed by atoms with Crippen molar-refractivity contribution in [3.63, 3.8) is 0 Å². The lowest BCUT2D eigenvalue weighted by molar-refractivity contribution is 0.146. The average molecular weight is 286 g/mol. The maximum atomic E-state index is 9.83. The molecule has 0 amide bonds. The summed E-state index contributed by atoms with van der Waals surface area (Å²) in [6, 6.07) is 12.6. The molecule has 0 saturated carbocycles. The van der Waals surface area contributed by atoms with Crippen molar-refractivity contribution < 1.29 is 5.11 Å². The Balaban J connectivity index is 1.76. The molecule has 0 radical (unpaired) electrons. The first-order valence-corrected chi connectivity index (χ1v) is 7.71. The van der Waals surface area contributed by atoms with Crippen LogP contribution in [0.25, 0.3) is 0 Å². The Bertz CT molecular complexity index is 519. The molecule has 0 spiro atoms. The van der Waals surface area contributed by atoms with E-state index in [-0.39, 0.29) is 6.10 Å². The fourth-order valence-electron chi connectivity index (χ4n) is 2.50. The van der Waals surface area contributed by atoms with Gasteiger partial charge in [-0.05, 0) is 29.5 Å². The van der Waals surface area contributed by atoms with E-state index in [1.807, 2.05) is 6.07 Å². The molecule has 2 aromatic rings. The maximum absolute atomic E-state index is 9.83. The molecule has 2 N–H and O–H groups in total. The molecule has 2 rings (SSSR count). The van der Waals surface area contributed by atoms with Crippen molar-refractivity contribution in [2.24, 2.45) is 5.92 Å². The molecule has 3 nitrogen and oxygen atoms in total. The van der Waals surface area contributed by atoms with Gasteiger partial charge in [-0.25, -0.2) is 0 Å². The van der Waals surface area contributed by atoms with Crippen molar-refractivity contribution >= 4 is 0 Å². The van der Waals surface area contributed by atoms with Crippen LogP contribution in [0.5, 0.6) is 0 Å². The summed E-state index contributed by atoms with van der Waals surface area (Å²) in [5.74, 6) is 0.536. The van der Waals surface area contributed by atoms with Crippen LogP contribution in [0.4, 0.5) is 0 Å². The Morgan fingerprint density at radius 3 is 2.57 bits per heavy atom. The number of aliphatic hydroxyl groups is 1. The minimum atomic E-state index is -0.253. The summed E-state index contributed by atoms with van der Waals surface area (Å²) in [6.07, 6.45) is 4.86. The van der Waals surface area contributed by atoms with E-state index in [1.165, 1.54) is 11.1 Å². The van der Waals surface area contributed by atoms with Crippen LogP contribution >= 0.6 is 0 Å². The van der Waals surface area contributed by atoms with Gasteiger partial charge in [0.1, 0.15) is 0 Å². The molecule has 0 aliphatic carbocycles. The molecule has 1 aromatic heterocycles. The van der Waals surface area contributed by atoms with Crippen LogP contribution in [0.15, 0.2) is 48.8 Å². The minimum Gasteiger partial charge on any atom is -0.392 e. The van der Waals surface area contributed by atoms with Gasteiger partial charge in [-0.15, -0.1) is 0 Å². The average Bonchev–Trinajstić information content (AvgIpc) is 2.86. The standard InChI is InChI=1S/C18H26N2O/c1-15(2)10-18(21)12-19-11-17-8-9-20(14-17)13-16-6-4-3-5-7-16/h3-9,14-15,18-19,21H,10-13H2,1-2H3. The zero-order valence-corrected chi connectivity index (χ0v) is 13.0. The summed E-state index contributed by atoms with van der Waals surface area (Å²) in [6.45, 7) is 6.62. The molecule has 1 heterocycles. The van der Waals surface area contributed by atoms with Crippen LogP contribution in [0, 0.1) is 5.92 Å². The summed E-state index contributed by atoms with van der Waals surface area (Å²) < 4.78 is 2.19. The van der Waals surface area contributed by atoms with E-state index >= 15 is 0 Å². The van der Waals surface area contributed by atoms with Gasteiger partial charge in [-0.1, -0.05) is 44.2 Å². The van der Waals surface area contributed by atoms with Crippen molar-refractivity contribution in [3.8, 4) is 0 Å². The molecule has 0 aliphatic heterocycles. The van der Waals surface area contributed by atoms with Gasteiger partial charge in [-0.2, -0.15) is 0 Å². The highest BCUT2D eigenvalue weighted by Crippen LogP contribution is 2.07. The molecule has 3 heteroatoms. The summed E-state index contributed by atoms with van der Waals surface area (Å²) in [5.41, 5.74) is 2.56. The van der Waals surface area contributed by atoms with Crippen LogP contribution in [-0.2, 0) is 13.1 Å². The quantitative estimate of drug-likeness (QED) is 0.782. The van der Waals surface area contributed by atoms with Gasteiger partial charge in [0.2, 0.25) is 0 Å². The lowest BCUT2D eigenvalue weighted by Gasteiger charge is -2.13. The second-order valence-corrected chi connectivity index (χ2v) is 6.09. The molecule has 1 atom stereocenters. The number of rotatable bonds is 8. The first kappa shape index (κ1) is 15.8. The third kappa shape index (κ3) is 5.74. The number of hydrogen-bond acceptors (Lipinski definition) is 2. The van der Waals surface area contributed by atoms with Crippen molar-refractivity contribution in [1.29, 1.82) is 0 Å². The largest absolute Gasteiger partial charge is 0.392 e. The highest BCUT2D eigenvalue weighted by Gasteiger charge is 2.06. The number of benzene rings is 1. The SMILES string of the molecule is CC(C)CC(O)CNCc1ccn(Cc2ccccc2)c1. The molecule has 114 valence electrons. The zero-order valence-electron chi connectivity index (χ0n) is 13.0. The van der Waals surface area contributed by atoms with Crippen molar-refractivity contribution in [2.75, 3.05) is 6.54 Å². The van der Waals surface area contributed by atoms with Gasteiger partial charge in [0.25, 0.3) is 0 Å². The van der Waals surface area contributed by atoms with Crippen molar-refractivity contribution in [3.05, 3.63) is 59.9 Å². The summed E-state index contributed by atoms with van der Waals surface area (Å²) in [7, 11) is 0. The molecule has 0 aliphatic rings. The van der Waals surface area contributed by atoms with Crippen molar-refractivity contribution in [2.45, 2.75) is 39.5 Å². The van der Waals surface area contributed by atoms with Crippen LogP contribution in [0.1, 0.15) is 31.4 Å². The summed E-state index contributed by atoms with van der Waals surface area (Å²) >= 11 is 0. The van der Waals surface area contributed by atoms with Gasteiger partial charge in [0.15, 0.2) is 0 Å². The molecule has 0 fully saturated rings. The summed E-state index contributed by atoms with van der Waals surface area (Å²) in [5, 5.41) is 13.2. The molecule has 0 bridgehead atoms. The fourth-order valence-corrected chi connectivity index (χ4v) is 2.50. The van der Waals surface area contributed by atoms with E-state index in [2.05, 4.69) is 66.5 Å². The van der Waals surface area contributed by atoms with Gasteiger partial charge in [0.05, 0.1) is 6.10 Å². The number of nitrogens with zero attached hydrogens (tertiary/aromatic N) is 1. The topological polar surface area (TPSA) is 37.2 Å². The van der Waals surface area contributed by atoms with E-state index < -0.39 is 0 Å². The van der Waals surface area contributed by atoms with Gasteiger partial charge >= 0.3 is 0 Å².